The van der Waals surface area contributed by atoms with Gasteiger partial charge in [-0.25, -0.2) is 0 Å². The van der Waals surface area contributed by atoms with Crippen LogP contribution in [0.2, 0.25) is 15.1 Å². The summed E-state index contributed by atoms with van der Waals surface area (Å²) >= 11 is 17.8. The van der Waals surface area contributed by atoms with E-state index in [1.165, 1.54) is 5.56 Å². The van der Waals surface area contributed by atoms with E-state index in [0.29, 0.717) is 10.0 Å². The van der Waals surface area contributed by atoms with Crippen molar-refractivity contribution in [1.29, 1.82) is 0 Å². The SMILES string of the molecule is CC(NCc1ccc(Cl)c(Cl)c1)c1ccc(Cl)cc1. The molecular weight excluding hydrogens is 301 g/mol. The fourth-order valence-electron chi connectivity index (χ4n) is 1.79. The van der Waals surface area contributed by atoms with Gasteiger partial charge in [-0.1, -0.05) is 53.0 Å². The van der Waals surface area contributed by atoms with Crippen molar-refractivity contribution in [2.45, 2.75) is 19.5 Å². The van der Waals surface area contributed by atoms with Crippen LogP contribution in [0.1, 0.15) is 24.1 Å². The van der Waals surface area contributed by atoms with E-state index in [1.807, 2.05) is 42.5 Å². The van der Waals surface area contributed by atoms with Crippen molar-refractivity contribution < 1.29 is 0 Å². The second-order valence-corrected chi connectivity index (χ2v) is 5.65. The quantitative estimate of drug-likeness (QED) is 0.786. The molecule has 1 unspecified atom stereocenters. The fourth-order valence-corrected chi connectivity index (χ4v) is 2.24. The average molecular weight is 315 g/mol. The highest BCUT2D eigenvalue weighted by Crippen LogP contribution is 2.23. The lowest BCUT2D eigenvalue weighted by atomic mass is 10.1. The molecule has 1 nitrogen and oxygen atoms in total. The van der Waals surface area contributed by atoms with Crippen molar-refractivity contribution in [1.82, 2.24) is 5.32 Å². The maximum atomic E-state index is 5.99. The zero-order chi connectivity index (χ0) is 13.8. The van der Waals surface area contributed by atoms with E-state index in [0.717, 1.165) is 17.1 Å². The van der Waals surface area contributed by atoms with Crippen LogP contribution in [0.5, 0.6) is 0 Å². The molecule has 2 aromatic rings. The van der Waals surface area contributed by atoms with Gasteiger partial charge in [0.2, 0.25) is 0 Å². The highest BCUT2D eigenvalue weighted by atomic mass is 35.5. The van der Waals surface area contributed by atoms with Crippen molar-refractivity contribution in [3.05, 3.63) is 68.7 Å². The van der Waals surface area contributed by atoms with Crippen molar-refractivity contribution in [3.63, 3.8) is 0 Å². The van der Waals surface area contributed by atoms with Gasteiger partial charge in [0.1, 0.15) is 0 Å². The Bertz CT molecular complexity index is 552. The average Bonchev–Trinajstić information content (AvgIpc) is 2.40. The van der Waals surface area contributed by atoms with Gasteiger partial charge in [-0.2, -0.15) is 0 Å². The monoisotopic (exact) mass is 313 g/mol. The lowest BCUT2D eigenvalue weighted by molar-refractivity contribution is 0.575. The summed E-state index contributed by atoms with van der Waals surface area (Å²) in [5, 5.41) is 5.35. The van der Waals surface area contributed by atoms with Crippen LogP contribution in [0.4, 0.5) is 0 Å². The van der Waals surface area contributed by atoms with E-state index >= 15 is 0 Å². The van der Waals surface area contributed by atoms with Crippen LogP contribution in [0.25, 0.3) is 0 Å². The van der Waals surface area contributed by atoms with Crippen LogP contribution < -0.4 is 5.32 Å². The van der Waals surface area contributed by atoms with Crippen LogP contribution in [0.3, 0.4) is 0 Å². The van der Waals surface area contributed by atoms with Crippen molar-refractivity contribution >= 4 is 34.8 Å². The summed E-state index contributed by atoms with van der Waals surface area (Å²) in [7, 11) is 0. The van der Waals surface area contributed by atoms with E-state index in [9.17, 15) is 0 Å². The molecule has 4 heteroatoms. The highest BCUT2D eigenvalue weighted by molar-refractivity contribution is 6.42. The molecular formula is C15H14Cl3N. The van der Waals surface area contributed by atoms with E-state index < -0.39 is 0 Å². The predicted octanol–water partition coefficient (Wildman–Crippen LogP) is 5.50. The Morgan fingerprint density at radius 1 is 0.947 bits per heavy atom. The third-order valence-corrected chi connectivity index (χ3v) is 3.96. The molecule has 1 N–H and O–H groups in total. The molecule has 0 aliphatic rings. The second-order valence-electron chi connectivity index (χ2n) is 4.40. The van der Waals surface area contributed by atoms with Crippen LogP contribution in [0, 0.1) is 0 Å². The minimum absolute atomic E-state index is 0.242. The first-order valence-electron chi connectivity index (χ1n) is 5.99. The topological polar surface area (TPSA) is 12.0 Å². The Kier molecular flexibility index (Phi) is 5.12. The number of hydrogen-bond donors (Lipinski definition) is 1. The maximum Gasteiger partial charge on any atom is 0.0595 e. The van der Waals surface area contributed by atoms with Gasteiger partial charge in [-0.3, -0.25) is 0 Å². The van der Waals surface area contributed by atoms with Gasteiger partial charge in [0.05, 0.1) is 10.0 Å². The molecule has 0 fully saturated rings. The summed E-state index contributed by atoms with van der Waals surface area (Å²) in [6.45, 7) is 2.85. The van der Waals surface area contributed by atoms with Gasteiger partial charge in [-0.05, 0) is 42.3 Å². The molecule has 0 aliphatic heterocycles. The van der Waals surface area contributed by atoms with Crippen molar-refractivity contribution in [2.75, 3.05) is 0 Å². The number of rotatable bonds is 4. The fraction of sp³-hybridized carbons (Fsp3) is 0.200. The van der Waals surface area contributed by atoms with Crippen LogP contribution >= 0.6 is 34.8 Å². The predicted molar refractivity (Wildman–Crippen MR) is 83.2 cm³/mol. The largest absolute Gasteiger partial charge is 0.306 e. The van der Waals surface area contributed by atoms with Gasteiger partial charge in [0.15, 0.2) is 0 Å². The third kappa shape index (κ3) is 4.12. The molecule has 0 saturated carbocycles. The summed E-state index contributed by atoms with van der Waals surface area (Å²) < 4.78 is 0. The molecule has 0 bridgehead atoms. The van der Waals surface area contributed by atoms with Crippen LogP contribution in [-0.4, -0.2) is 0 Å². The molecule has 1 atom stereocenters. The molecule has 19 heavy (non-hydrogen) atoms. The molecule has 0 amide bonds. The number of halogens is 3. The molecule has 0 heterocycles. The summed E-state index contributed by atoms with van der Waals surface area (Å²) in [6.07, 6.45) is 0. The normalized spacial score (nSPS) is 12.4. The van der Waals surface area contributed by atoms with Gasteiger partial charge >= 0.3 is 0 Å². The third-order valence-electron chi connectivity index (χ3n) is 2.97. The zero-order valence-electron chi connectivity index (χ0n) is 10.5. The maximum absolute atomic E-state index is 5.99. The molecule has 0 aromatic heterocycles. The summed E-state index contributed by atoms with van der Waals surface area (Å²) in [5.41, 5.74) is 2.31. The minimum atomic E-state index is 0.242. The van der Waals surface area contributed by atoms with Gasteiger partial charge in [0, 0.05) is 17.6 Å². The van der Waals surface area contributed by atoms with E-state index in [2.05, 4.69) is 12.2 Å². The van der Waals surface area contributed by atoms with E-state index in [-0.39, 0.29) is 6.04 Å². The van der Waals surface area contributed by atoms with E-state index in [4.69, 9.17) is 34.8 Å². The smallest absolute Gasteiger partial charge is 0.0595 e. The Morgan fingerprint density at radius 2 is 1.63 bits per heavy atom. The first kappa shape index (κ1) is 14.7. The van der Waals surface area contributed by atoms with Gasteiger partial charge in [0.25, 0.3) is 0 Å². The Balaban J connectivity index is 1.98. The second kappa shape index (κ2) is 6.62. The van der Waals surface area contributed by atoms with Crippen LogP contribution in [0.15, 0.2) is 42.5 Å². The highest BCUT2D eigenvalue weighted by Gasteiger charge is 2.05. The Morgan fingerprint density at radius 3 is 2.26 bits per heavy atom. The standard InChI is InChI=1S/C15H14Cl3N/c1-10(12-3-5-13(16)6-4-12)19-9-11-2-7-14(17)15(18)8-11/h2-8,10,19H,9H2,1H3. The number of hydrogen-bond acceptors (Lipinski definition) is 1. The van der Waals surface area contributed by atoms with Crippen LogP contribution in [-0.2, 0) is 6.54 Å². The summed E-state index contributed by atoms with van der Waals surface area (Å²) in [6, 6.07) is 13.7. The van der Waals surface area contributed by atoms with Gasteiger partial charge in [-0.15, -0.1) is 0 Å². The molecule has 0 spiro atoms. The molecule has 2 aromatic carbocycles. The van der Waals surface area contributed by atoms with Gasteiger partial charge < -0.3 is 5.32 Å². The lowest BCUT2D eigenvalue weighted by Crippen LogP contribution is -2.17. The minimum Gasteiger partial charge on any atom is -0.306 e. The Labute approximate surface area is 128 Å². The molecule has 100 valence electrons. The number of nitrogens with one attached hydrogen (secondary N) is 1. The molecule has 2 rings (SSSR count). The molecule has 0 aliphatic carbocycles. The first-order chi connectivity index (χ1) is 9.06. The summed E-state index contributed by atoms with van der Waals surface area (Å²) in [5.74, 6) is 0. The molecule has 0 saturated heterocycles. The van der Waals surface area contributed by atoms with Crippen molar-refractivity contribution in [3.8, 4) is 0 Å². The first-order valence-corrected chi connectivity index (χ1v) is 7.12. The molecule has 0 radical (unpaired) electrons. The zero-order valence-corrected chi connectivity index (χ0v) is 12.7. The number of benzene rings is 2. The van der Waals surface area contributed by atoms with E-state index in [1.54, 1.807) is 0 Å². The Hall–Kier alpha value is -0.730. The lowest BCUT2D eigenvalue weighted by Gasteiger charge is -2.14. The van der Waals surface area contributed by atoms with Crippen molar-refractivity contribution in [2.24, 2.45) is 0 Å². The summed E-state index contributed by atoms with van der Waals surface area (Å²) in [4.78, 5) is 0.